The predicted molar refractivity (Wildman–Crippen MR) is 71.5 cm³/mol. The number of likely N-dealkylation sites (tertiary alicyclic amines) is 1. The molecule has 1 aliphatic rings. The summed E-state index contributed by atoms with van der Waals surface area (Å²) in [5.41, 5.74) is 1.26. The van der Waals surface area contributed by atoms with Crippen molar-refractivity contribution in [3.05, 3.63) is 34.9 Å². The fourth-order valence-corrected chi connectivity index (χ4v) is 2.52. The van der Waals surface area contributed by atoms with Crippen molar-refractivity contribution in [1.82, 2.24) is 4.90 Å². The fourth-order valence-electron chi connectivity index (χ4n) is 2.39. The first-order valence-electron chi connectivity index (χ1n) is 6.21. The van der Waals surface area contributed by atoms with E-state index in [9.17, 15) is 4.79 Å². The Morgan fingerprint density at radius 3 is 2.83 bits per heavy atom. The second kappa shape index (κ2) is 6.21. The van der Waals surface area contributed by atoms with Gasteiger partial charge in [-0.2, -0.15) is 0 Å². The van der Waals surface area contributed by atoms with Crippen molar-refractivity contribution in [2.75, 3.05) is 20.2 Å². The van der Waals surface area contributed by atoms with E-state index in [-0.39, 0.29) is 5.97 Å². The first kappa shape index (κ1) is 13.4. The SMILES string of the molecule is COC(=O)CC1CCN(Cc2ccc(Cl)cc2)C1. The van der Waals surface area contributed by atoms with Crippen LogP contribution in [0.25, 0.3) is 0 Å². The Labute approximate surface area is 113 Å². The van der Waals surface area contributed by atoms with E-state index in [1.54, 1.807) is 0 Å². The summed E-state index contributed by atoms with van der Waals surface area (Å²) in [6.07, 6.45) is 1.61. The summed E-state index contributed by atoms with van der Waals surface area (Å²) in [4.78, 5) is 13.6. The van der Waals surface area contributed by atoms with E-state index in [4.69, 9.17) is 16.3 Å². The molecular weight excluding hydrogens is 250 g/mol. The lowest BCUT2D eigenvalue weighted by atomic mass is 10.1. The van der Waals surface area contributed by atoms with Gasteiger partial charge in [-0.25, -0.2) is 0 Å². The molecule has 1 atom stereocenters. The van der Waals surface area contributed by atoms with E-state index in [1.807, 2.05) is 12.1 Å². The van der Waals surface area contributed by atoms with Gasteiger partial charge in [-0.15, -0.1) is 0 Å². The van der Waals surface area contributed by atoms with E-state index in [0.717, 1.165) is 31.1 Å². The lowest BCUT2D eigenvalue weighted by Gasteiger charge is -2.15. The van der Waals surface area contributed by atoms with Crippen molar-refractivity contribution >= 4 is 17.6 Å². The maximum Gasteiger partial charge on any atom is 0.305 e. The van der Waals surface area contributed by atoms with Crippen LogP contribution in [0, 0.1) is 5.92 Å². The lowest BCUT2D eigenvalue weighted by Crippen LogP contribution is -2.21. The highest BCUT2D eigenvalue weighted by Crippen LogP contribution is 2.22. The summed E-state index contributed by atoms with van der Waals surface area (Å²) in [5.74, 6) is 0.332. The molecule has 0 saturated carbocycles. The van der Waals surface area contributed by atoms with Crippen molar-refractivity contribution in [3.63, 3.8) is 0 Å². The molecule has 0 spiro atoms. The third-order valence-corrected chi connectivity index (χ3v) is 3.62. The highest BCUT2D eigenvalue weighted by molar-refractivity contribution is 6.30. The number of hydrogen-bond donors (Lipinski definition) is 0. The van der Waals surface area contributed by atoms with Gasteiger partial charge in [-0.1, -0.05) is 23.7 Å². The summed E-state index contributed by atoms with van der Waals surface area (Å²) >= 11 is 5.86. The molecule has 0 aliphatic carbocycles. The zero-order chi connectivity index (χ0) is 13.0. The minimum Gasteiger partial charge on any atom is -0.469 e. The number of carbonyl (C=O) groups excluding carboxylic acids is 1. The number of esters is 1. The van der Waals surface area contributed by atoms with E-state index in [1.165, 1.54) is 12.7 Å². The minimum absolute atomic E-state index is 0.103. The Kier molecular flexibility index (Phi) is 4.61. The molecule has 1 fully saturated rings. The molecular formula is C14H18ClNO2. The molecule has 1 aromatic carbocycles. The molecule has 3 nitrogen and oxygen atoms in total. The van der Waals surface area contributed by atoms with Crippen molar-refractivity contribution in [1.29, 1.82) is 0 Å². The molecule has 0 bridgehead atoms. The first-order valence-corrected chi connectivity index (χ1v) is 6.59. The van der Waals surface area contributed by atoms with Gasteiger partial charge in [0.2, 0.25) is 0 Å². The largest absolute Gasteiger partial charge is 0.469 e. The number of halogens is 1. The van der Waals surface area contributed by atoms with Gasteiger partial charge >= 0.3 is 5.97 Å². The number of benzene rings is 1. The fraction of sp³-hybridized carbons (Fsp3) is 0.500. The van der Waals surface area contributed by atoms with Crippen molar-refractivity contribution in [3.8, 4) is 0 Å². The maximum absolute atomic E-state index is 11.2. The van der Waals surface area contributed by atoms with Gasteiger partial charge in [0.1, 0.15) is 0 Å². The average Bonchev–Trinajstić information content (AvgIpc) is 2.79. The summed E-state index contributed by atoms with van der Waals surface area (Å²) in [6.45, 7) is 2.94. The second-order valence-electron chi connectivity index (χ2n) is 4.80. The molecule has 2 rings (SSSR count). The number of carbonyl (C=O) groups is 1. The Balaban J connectivity index is 1.82. The highest BCUT2D eigenvalue weighted by Gasteiger charge is 2.24. The third-order valence-electron chi connectivity index (χ3n) is 3.37. The molecule has 18 heavy (non-hydrogen) atoms. The Hall–Kier alpha value is -1.06. The van der Waals surface area contributed by atoms with Crippen LogP contribution in [-0.2, 0) is 16.1 Å². The topological polar surface area (TPSA) is 29.5 Å². The minimum atomic E-state index is -0.103. The second-order valence-corrected chi connectivity index (χ2v) is 5.23. The number of hydrogen-bond acceptors (Lipinski definition) is 3. The van der Waals surface area contributed by atoms with E-state index >= 15 is 0 Å². The molecule has 1 unspecified atom stereocenters. The standard InChI is InChI=1S/C14H18ClNO2/c1-18-14(17)8-12-6-7-16(10-12)9-11-2-4-13(15)5-3-11/h2-5,12H,6-10H2,1H3. The molecule has 4 heteroatoms. The van der Waals surface area contributed by atoms with Gasteiger partial charge in [0.25, 0.3) is 0 Å². The third kappa shape index (κ3) is 3.72. The van der Waals surface area contributed by atoms with Gasteiger partial charge in [0.15, 0.2) is 0 Å². The molecule has 0 amide bonds. The molecule has 1 heterocycles. The normalized spacial score (nSPS) is 20.0. The number of nitrogens with zero attached hydrogens (tertiary/aromatic N) is 1. The number of methoxy groups -OCH3 is 1. The summed E-state index contributed by atoms with van der Waals surface area (Å²) in [5, 5.41) is 0.767. The zero-order valence-corrected chi connectivity index (χ0v) is 11.3. The molecule has 1 saturated heterocycles. The van der Waals surface area contributed by atoms with Gasteiger partial charge in [0.05, 0.1) is 7.11 Å². The Morgan fingerprint density at radius 1 is 1.44 bits per heavy atom. The van der Waals surface area contributed by atoms with Crippen LogP contribution in [0.15, 0.2) is 24.3 Å². The smallest absolute Gasteiger partial charge is 0.305 e. The van der Waals surface area contributed by atoms with Crippen LogP contribution >= 0.6 is 11.6 Å². The average molecular weight is 268 g/mol. The first-order chi connectivity index (χ1) is 8.67. The summed E-state index contributed by atoms with van der Waals surface area (Å²) in [6, 6.07) is 7.93. The molecule has 1 aromatic rings. The lowest BCUT2D eigenvalue weighted by molar-refractivity contribution is -0.141. The van der Waals surface area contributed by atoms with E-state index < -0.39 is 0 Å². The van der Waals surface area contributed by atoms with Crippen LogP contribution in [0.5, 0.6) is 0 Å². The van der Waals surface area contributed by atoms with Gasteiger partial charge in [0, 0.05) is 24.5 Å². The Bertz CT molecular complexity index is 405. The van der Waals surface area contributed by atoms with Crippen LogP contribution in [0.3, 0.4) is 0 Å². The summed E-state index contributed by atoms with van der Waals surface area (Å²) < 4.78 is 4.71. The van der Waals surface area contributed by atoms with Crippen LogP contribution in [0.4, 0.5) is 0 Å². The predicted octanol–water partition coefficient (Wildman–Crippen LogP) is 2.73. The van der Waals surface area contributed by atoms with Crippen LogP contribution in [0.2, 0.25) is 5.02 Å². The highest BCUT2D eigenvalue weighted by atomic mass is 35.5. The molecule has 0 N–H and O–H groups in total. The van der Waals surface area contributed by atoms with Crippen LogP contribution < -0.4 is 0 Å². The number of rotatable bonds is 4. The number of ether oxygens (including phenoxy) is 1. The van der Waals surface area contributed by atoms with Gasteiger partial charge < -0.3 is 4.74 Å². The summed E-state index contributed by atoms with van der Waals surface area (Å²) in [7, 11) is 1.45. The van der Waals surface area contributed by atoms with Crippen molar-refractivity contribution in [2.45, 2.75) is 19.4 Å². The Morgan fingerprint density at radius 2 is 2.17 bits per heavy atom. The van der Waals surface area contributed by atoms with Crippen molar-refractivity contribution < 1.29 is 9.53 Å². The van der Waals surface area contributed by atoms with Gasteiger partial charge in [-0.05, 0) is 36.6 Å². The quantitative estimate of drug-likeness (QED) is 0.786. The van der Waals surface area contributed by atoms with Crippen LogP contribution in [-0.4, -0.2) is 31.1 Å². The molecule has 1 aliphatic heterocycles. The maximum atomic E-state index is 11.2. The van der Waals surface area contributed by atoms with Crippen molar-refractivity contribution in [2.24, 2.45) is 5.92 Å². The van der Waals surface area contributed by atoms with E-state index in [2.05, 4.69) is 17.0 Å². The molecule has 0 radical (unpaired) electrons. The van der Waals surface area contributed by atoms with E-state index in [0.29, 0.717) is 12.3 Å². The zero-order valence-electron chi connectivity index (χ0n) is 10.6. The monoisotopic (exact) mass is 267 g/mol. The molecule has 98 valence electrons. The molecule has 0 aromatic heterocycles. The van der Waals surface area contributed by atoms with Crippen LogP contribution in [0.1, 0.15) is 18.4 Å². The van der Waals surface area contributed by atoms with Gasteiger partial charge in [-0.3, -0.25) is 9.69 Å².